The number of hydrogen-bond acceptors (Lipinski definition) is 4. The Morgan fingerprint density at radius 1 is 1.32 bits per heavy atom. The van der Waals surface area contributed by atoms with E-state index in [-0.39, 0.29) is 0 Å². The van der Waals surface area contributed by atoms with Crippen molar-refractivity contribution in [2.45, 2.75) is 13.3 Å². The lowest BCUT2D eigenvalue weighted by Crippen LogP contribution is -1.97. The predicted octanol–water partition coefficient (Wildman–Crippen LogP) is 4.26. The molecule has 0 fully saturated rings. The number of halogens is 2. The van der Waals surface area contributed by atoms with E-state index in [0.717, 1.165) is 15.8 Å². The fourth-order valence-corrected chi connectivity index (χ4v) is 2.25. The van der Waals surface area contributed by atoms with E-state index in [0.29, 0.717) is 23.2 Å². The quantitative estimate of drug-likeness (QED) is 0.778. The van der Waals surface area contributed by atoms with Gasteiger partial charge in [-0.25, -0.2) is 9.97 Å². The summed E-state index contributed by atoms with van der Waals surface area (Å²) in [6, 6.07) is 5.44. The molecule has 0 saturated heterocycles. The van der Waals surface area contributed by atoms with Crippen LogP contribution in [0.1, 0.15) is 12.5 Å². The molecule has 0 bridgehead atoms. The molecule has 1 aromatic heterocycles. The number of ether oxygens (including phenoxy) is 2. The largest absolute Gasteiger partial charge is 0.497 e. The summed E-state index contributed by atoms with van der Waals surface area (Å²) in [6.45, 7) is 1.97. The average molecular weight is 344 g/mol. The third-order valence-electron chi connectivity index (χ3n) is 2.55. The highest BCUT2D eigenvalue weighted by atomic mass is 79.9. The number of aromatic nitrogens is 2. The minimum atomic E-state index is 0.414. The molecule has 0 atom stereocenters. The summed E-state index contributed by atoms with van der Waals surface area (Å²) >= 11 is 9.45. The lowest BCUT2D eigenvalue weighted by Gasteiger charge is -2.11. The minimum Gasteiger partial charge on any atom is -0.497 e. The third kappa shape index (κ3) is 3.16. The van der Waals surface area contributed by atoms with Gasteiger partial charge in [0.05, 0.1) is 17.1 Å². The molecular formula is C13H12BrClN2O2. The highest BCUT2D eigenvalue weighted by Gasteiger charge is 2.12. The van der Waals surface area contributed by atoms with E-state index >= 15 is 0 Å². The van der Waals surface area contributed by atoms with E-state index < -0.39 is 0 Å². The summed E-state index contributed by atoms with van der Waals surface area (Å²) in [4.78, 5) is 8.06. The van der Waals surface area contributed by atoms with Gasteiger partial charge in [-0.1, -0.05) is 18.5 Å². The predicted molar refractivity (Wildman–Crippen MR) is 77.2 cm³/mol. The maximum atomic E-state index is 6.02. The van der Waals surface area contributed by atoms with Crippen molar-refractivity contribution in [2.75, 3.05) is 7.11 Å². The van der Waals surface area contributed by atoms with Crippen molar-refractivity contribution in [1.29, 1.82) is 0 Å². The zero-order valence-corrected chi connectivity index (χ0v) is 12.8. The average Bonchev–Trinajstić information content (AvgIpc) is 2.41. The van der Waals surface area contributed by atoms with Crippen LogP contribution in [0.5, 0.6) is 17.4 Å². The first kappa shape index (κ1) is 14.1. The second-order valence-corrected chi connectivity index (χ2v) is 4.91. The van der Waals surface area contributed by atoms with E-state index in [4.69, 9.17) is 21.1 Å². The summed E-state index contributed by atoms with van der Waals surface area (Å²) in [5.74, 6) is 1.86. The zero-order chi connectivity index (χ0) is 13.8. The number of hydrogen-bond donors (Lipinski definition) is 0. The van der Waals surface area contributed by atoms with Crippen LogP contribution < -0.4 is 9.47 Å². The molecule has 0 saturated carbocycles. The van der Waals surface area contributed by atoms with E-state index in [1.165, 1.54) is 6.33 Å². The van der Waals surface area contributed by atoms with Crippen LogP contribution in [-0.4, -0.2) is 17.1 Å². The van der Waals surface area contributed by atoms with E-state index in [1.54, 1.807) is 13.2 Å². The van der Waals surface area contributed by atoms with Gasteiger partial charge in [-0.05, 0) is 40.5 Å². The molecule has 0 spiro atoms. The standard InChI is InChI=1S/C13H12BrClN2O2/c1-3-9-12(15)16-7-17-13(9)19-11-5-4-8(18-2)6-10(11)14/h4-7H,3H2,1-2H3. The van der Waals surface area contributed by atoms with Gasteiger partial charge < -0.3 is 9.47 Å². The van der Waals surface area contributed by atoms with Crippen LogP contribution in [0, 0.1) is 0 Å². The number of rotatable bonds is 4. The van der Waals surface area contributed by atoms with Gasteiger partial charge in [0.1, 0.15) is 23.0 Å². The van der Waals surface area contributed by atoms with Crippen LogP contribution in [0.4, 0.5) is 0 Å². The molecule has 0 N–H and O–H groups in total. The first-order chi connectivity index (χ1) is 9.15. The molecule has 2 rings (SSSR count). The Labute approximate surface area is 124 Å². The van der Waals surface area contributed by atoms with Crippen LogP contribution >= 0.6 is 27.5 Å². The van der Waals surface area contributed by atoms with Crippen molar-refractivity contribution in [3.8, 4) is 17.4 Å². The van der Waals surface area contributed by atoms with Gasteiger partial charge in [0, 0.05) is 0 Å². The van der Waals surface area contributed by atoms with E-state index in [2.05, 4.69) is 25.9 Å². The molecule has 0 radical (unpaired) electrons. The van der Waals surface area contributed by atoms with Crippen LogP contribution in [0.3, 0.4) is 0 Å². The normalized spacial score (nSPS) is 10.3. The zero-order valence-electron chi connectivity index (χ0n) is 10.5. The SMILES string of the molecule is CCc1c(Cl)ncnc1Oc1ccc(OC)cc1Br. The Morgan fingerprint density at radius 3 is 2.74 bits per heavy atom. The first-order valence-electron chi connectivity index (χ1n) is 5.66. The number of methoxy groups -OCH3 is 1. The molecule has 1 heterocycles. The fraction of sp³-hybridized carbons (Fsp3) is 0.231. The summed E-state index contributed by atoms with van der Waals surface area (Å²) in [5, 5.41) is 0.414. The van der Waals surface area contributed by atoms with Crippen LogP contribution in [0.2, 0.25) is 5.15 Å². The van der Waals surface area contributed by atoms with Crippen LogP contribution in [-0.2, 0) is 6.42 Å². The maximum Gasteiger partial charge on any atom is 0.227 e. The lowest BCUT2D eigenvalue weighted by molar-refractivity contribution is 0.411. The second-order valence-electron chi connectivity index (χ2n) is 3.70. The van der Waals surface area contributed by atoms with Gasteiger partial charge in [0.2, 0.25) is 5.88 Å². The van der Waals surface area contributed by atoms with Gasteiger partial charge >= 0.3 is 0 Å². The molecule has 6 heteroatoms. The highest BCUT2D eigenvalue weighted by molar-refractivity contribution is 9.10. The Morgan fingerprint density at radius 2 is 2.11 bits per heavy atom. The fourth-order valence-electron chi connectivity index (χ4n) is 1.56. The van der Waals surface area contributed by atoms with Crippen molar-refractivity contribution < 1.29 is 9.47 Å². The molecule has 0 unspecified atom stereocenters. The second kappa shape index (κ2) is 6.21. The third-order valence-corrected chi connectivity index (χ3v) is 3.50. The Hall–Kier alpha value is -1.33. The summed E-state index contributed by atoms with van der Waals surface area (Å²) in [6.07, 6.45) is 2.08. The van der Waals surface area contributed by atoms with Gasteiger partial charge in [-0.3, -0.25) is 0 Å². The molecule has 0 aliphatic carbocycles. The van der Waals surface area contributed by atoms with Crippen molar-refractivity contribution in [1.82, 2.24) is 9.97 Å². The topological polar surface area (TPSA) is 44.2 Å². The molecule has 19 heavy (non-hydrogen) atoms. The number of nitrogens with zero attached hydrogens (tertiary/aromatic N) is 2. The Kier molecular flexibility index (Phi) is 4.61. The van der Waals surface area contributed by atoms with E-state index in [1.807, 2.05) is 19.1 Å². The monoisotopic (exact) mass is 342 g/mol. The van der Waals surface area contributed by atoms with Crippen LogP contribution in [0.15, 0.2) is 29.0 Å². The first-order valence-corrected chi connectivity index (χ1v) is 6.83. The van der Waals surface area contributed by atoms with Crippen LogP contribution in [0.25, 0.3) is 0 Å². The van der Waals surface area contributed by atoms with Gasteiger partial charge in [0.15, 0.2) is 0 Å². The molecule has 1 aromatic carbocycles. The molecular weight excluding hydrogens is 332 g/mol. The highest BCUT2D eigenvalue weighted by Crippen LogP contribution is 2.34. The maximum absolute atomic E-state index is 6.02. The summed E-state index contributed by atoms with van der Waals surface area (Å²) in [7, 11) is 1.61. The van der Waals surface area contributed by atoms with Gasteiger partial charge in [-0.2, -0.15) is 0 Å². The molecule has 0 aliphatic heterocycles. The van der Waals surface area contributed by atoms with Crippen molar-refractivity contribution in [3.63, 3.8) is 0 Å². The van der Waals surface area contributed by atoms with Crippen molar-refractivity contribution in [3.05, 3.63) is 39.7 Å². The van der Waals surface area contributed by atoms with Crippen molar-refractivity contribution in [2.24, 2.45) is 0 Å². The minimum absolute atomic E-state index is 0.414. The van der Waals surface area contributed by atoms with Gasteiger partial charge in [-0.15, -0.1) is 0 Å². The summed E-state index contributed by atoms with van der Waals surface area (Å²) < 4.78 is 11.7. The number of benzene rings is 1. The molecule has 100 valence electrons. The smallest absolute Gasteiger partial charge is 0.227 e. The van der Waals surface area contributed by atoms with E-state index in [9.17, 15) is 0 Å². The molecule has 0 aliphatic rings. The molecule has 2 aromatic rings. The molecule has 0 amide bonds. The Balaban J connectivity index is 2.34. The molecule has 4 nitrogen and oxygen atoms in total. The lowest BCUT2D eigenvalue weighted by atomic mass is 10.2. The Bertz CT molecular complexity index is 593. The van der Waals surface area contributed by atoms with Gasteiger partial charge in [0.25, 0.3) is 0 Å². The van der Waals surface area contributed by atoms with Crippen molar-refractivity contribution >= 4 is 27.5 Å². The summed E-state index contributed by atoms with van der Waals surface area (Å²) in [5.41, 5.74) is 0.784.